The van der Waals surface area contributed by atoms with Crippen molar-refractivity contribution in [1.82, 2.24) is 21.3 Å². The van der Waals surface area contributed by atoms with Crippen LogP contribution in [0.15, 0.2) is 0 Å². The molecule has 0 spiro atoms. The SMILES string of the molecule is CC(=O)N(CC(CN(C(C)=O)c1c(I)c(C(=O)CCC(O)CO)c(I)c(C(=O)NCC(O)CO)c1I)CN(C(C)=O)c1c(I)c(C(=O)NCC(O)CO)c(I)c(C(=O)NCC(O)CO)c1I)c1c(I)c(C(=O)CCC(O)CO)c(I)c(C(=O)NCC(O)CO)c1I. The summed E-state index contributed by atoms with van der Waals surface area (Å²) in [6.07, 6.45) is -9.68. The van der Waals surface area contributed by atoms with Crippen LogP contribution in [0, 0.1) is 38.0 Å². The largest absolute Gasteiger partial charge is 0.394 e. The van der Waals surface area contributed by atoms with Crippen LogP contribution in [0.3, 0.4) is 0 Å². The highest BCUT2D eigenvalue weighted by Gasteiger charge is 2.39. The molecular weight excluding hydrogens is 2220 g/mol. The predicted octanol–water partition coefficient (Wildman–Crippen LogP) is 1.17. The van der Waals surface area contributed by atoms with Gasteiger partial charge in [0.1, 0.15) is 0 Å². The second-order valence-corrected chi connectivity index (χ2v) is 29.9. The lowest BCUT2D eigenvalue weighted by atomic mass is 9.98. The van der Waals surface area contributed by atoms with Gasteiger partial charge in [0.25, 0.3) is 23.6 Å². The maximum absolute atomic E-state index is 14.8. The Morgan fingerprint density at radius 1 is 0.330 bits per heavy atom. The molecule has 6 atom stereocenters. The number of hydrogen-bond acceptors (Lipinski definition) is 21. The monoisotopic (exact) mass is 2290 g/mol. The Kier molecular flexibility index (Phi) is 37.6. The number of rotatable bonds is 35. The van der Waals surface area contributed by atoms with Gasteiger partial charge >= 0.3 is 0 Å². The second-order valence-electron chi connectivity index (χ2n) is 20.2. The minimum absolute atomic E-state index is 0.00211. The number of halogens is 9. The second kappa shape index (κ2) is 40.4. The third kappa shape index (κ3) is 22.7. The molecule has 3 aromatic carbocycles. The Balaban J connectivity index is 2.75. The van der Waals surface area contributed by atoms with Gasteiger partial charge in [0.05, 0.1) is 130 Å². The van der Waals surface area contributed by atoms with Crippen LogP contribution in [0.25, 0.3) is 0 Å². The number of benzene rings is 3. The highest BCUT2D eigenvalue weighted by Crippen LogP contribution is 2.43. The zero-order chi connectivity index (χ0) is 69.2. The fourth-order valence-corrected chi connectivity index (χ4v) is 22.9. The number of amides is 7. The van der Waals surface area contributed by atoms with E-state index in [1.54, 1.807) is 158 Å². The molecule has 0 aromatic heterocycles. The minimum Gasteiger partial charge on any atom is -0.394 e. The first-order valence-electron chi connectivity index (χ1n) is 27.0. The van der Waals surface area contributed by atoms with Crippen molar-refractivity contribution in [3.05, 3.63) is 65.5 Å². The van der Waals surface area contributed by atoms with Gasteiger partial charge in [0.15, 0.2) is 11.6 Å². The van der Waals surface area contributed by atoms with Crippen LogP contribution in [0.1, 0.15) is 109 Å². The molecule has 0 fully saturated rings. The van der Waals surface area contributed by atoms with Crippen LogP contribution in [0.4, 0.5) is 17.1 Å². The van der Waals surface area contributed by atoms with Crippen molar-refractivity contribution in [2.75, 3.05) is 100 Å². The lowest BCUT2D eigenvalue weighted by molar-refractivity contribution is -0.117. The van der Waals surface area contributed by atoms with E-state index in [0.29, 0.717) is 0 Å². The lowest BCUT2D eigenvalue weighted by Gasteiger charge is -2.37. The molecule has 3 rings (SSSR count). The summed E-state index contributed by atoms with van der Waals surface area (Å²) in [7, 11) is 0. The molecule has 16 N–H and O–H groups in total. The molecule has 3 aromatic rings. The smallest absolute Gasteiger partial charge is 0.253 e. The first kappa shape index (κ1) is 84.6. The van der Waals surface area contributed by atoms with E-state index in [0.717, 1.165) is 35.5 Å². The van der Waals surface area contributed by atoms with Crippen molar-refractivity contribution in [3.8, 4) is 0 Å². The van der Waals surface area contributed by atoms with E-state index < -0.39 is 181 Å². The Labute approximate surface area is 645 Å². The molecular formula is C54H66I9N7O21. The van der Waals surface area contributed by atoms with E-state index in [-0.39, 0.29) is 108 Å². The molecule has 0 aliphatic rings. The molecule has 91 heavy (non-hydrogen) atoms. The van der Waals surface area contributed by atoms with Gasteiger partial charge in [-0.25, -0.2) is 0 Å². The standard InChI is InChI=1S/C54H66I9N7O21/c1-21(77)68(48-42(58)33(31(86)6-4-25(80)15-71)39(55)35(44(48)60)51(88)64-8-27(82)17-73)12-24(13-69(22(2)78)49-43(59)34(32(87)7-5-26(81)16-72)40(56)36(45(49)61)52(89)65-9-28(83)18-74)14-70(23(3)79)50-46(62)37(53(90)66-10-29(84)19-75)41(57)38(47(50)63)54(91)67-11-30(85)20-76/h24-30,71-76,80-85H,4-20H2,1-3H3,(H,64,88)(H,65,89)(H,66,90)(H,67,91). The molecule has 0 saturated heterocycles. The Morgan fingerprint density at radius 3 is 0.725 bits per heavy atom. The summed E-state index contributed by atoms with van der Waals surface area (Å²) >= 11 is 16.0. The number of nitrogens with zero attached hydrogens (tertiary/aromatic N) is 3. The lowest BCUT2D eigenvalue weighted by Crippen LogP contribution is -2.48. The summed E-state index contributed by atoms with van der Waals surface area (Å²) in [5, 5.41) is 130. The van der Waals surface area contributed by atoms with Crippen LogP contribution in [0.5, 0.6) is 0 Å². The fraction of sp³-hybridized carbons (Fsp3) is 0.500. The van der Waals surface area contributed by atoms with Crippen molar-refractivity contribution >= 4 is 273 Å². The maximum atomic E-state index is 14.8. The minimum atomic E-state index is -1.44. The van der Waals surface area contributed by atoms with E-state index >= 15 is 0 Å². The maximum Gasteiger partial charge on any atom is 0.253 e. The van der Waals surface area contributed by atoms with Gasteiger partial charge in [-0.2, -0.15) is 0 Å². The topological polar surface area (TPSA) is 454 Å². The summed E-state index contributed by atoms with van der Waals surface area (Å²) in [6.45, 7) is -4.68. The molecule has 6 unspecified atom stereocenters. The van der Waals surface area contributed by atoms with E-state index in [1.165, 1.54) is 0 Å². The summed E-state index contributed by atoms with van der Waals surface area (Å²) < 4.78 is 0.393. The van der Waals surface area contributed by atoms with Crippen LogP contribution >= 0.6 is 203 Å². The number of aliphatic hydroxyl groups excluding tert-OH is 12. The number of nitrogens with one attached hydrogen (secondary N) is 4. The molecule has 0 aliphatic carbocycles. The highest BCUT2D eigenvalue weighted by atomic mass is 127. The quantitative estimate of drug-likeness (QED) is 0.0290. The van der Waals surface area contributed by atoms with Crippen LogP contribution < -0.4 is 36.0 Å². The molecule has 0 radical (unpaired) electrons. The van der Waals surface area contributed by atoms with E-state index in [9.17, 15) is 104 Å². The van der Waals surface area contributed by atoms with Gasteiger partial charge in [0, 0.05) is 114 Å². The summed E-state index contributed by atoms with van der Waals surface area (Å²) in [6, 6.07) is 0. The van der Waals surface area contributed by atoms with Crippen molar-refractivity contribution in [2.24, 2.45) is 5.92 Å². The highest BCUT2D eigenvalue weighted by molar-refractivity contribution is 14.1. The number of Topliss-reactive ketones (excluding diaryl/α,β-unsaturated/α-hetero) is 2. The molecule has 28 nitrogen and oxygen atoms in total. The fourth-order valence-electron chi connectivity index (χ4n) is 8.51. The van der Waals surface area contributed by atoms with Gasteiger partial charge in [-0.15, -0.1) is 0 Å². The average molecular weight is 2290 g/mol. The van der Waals surface area contributed by atoms with Gasteiger partial charge in [-0.1, -0.05) is 0 Å². The molecule has 506 valence electrons. The Hall–Kier alpha value is -0.620. The molecule has 0 aliphatic heterocycles. The van der Waals surface area contributed by atoms with E-state index in [1.807, 2.05) is 45.2 Å². The summed E-state index contributed by atoms with van der Waals surface area (Å²) in [5.74, 6) is -8.50. The first-order valence-corrected chi connectivity index (χ1v) is 36.7. The molecule has 0 bridgehead atoms. The van der Waals surface area contributed by atoms with Crippen molar-refractivity contribution < 1.29 is 104 Å². The van der Waals surface area contributed by atoms with Crippen LogP contribution in [-0.2, 0) is 14.4 Å². The average Bonchev–Trinajstić information content (AvgIpc) is 0.779. The van der Waals surface area contributed by atoms with Crippen molar-refractivity contribution in [1.29, 1.82) is 0 Å². The van der Waals surface area contributed by atoms with Crippen LogP contribution in [0.2, 0.25) is 0 Å². The molecule has 0 saturated carbocycles. The summed E-state index contributed by atoms with van der Waals surface area (Å²) in [4.78, 5) is 134. The number of aliphatic hydroxyl groups is 12. The Bertz CT molecular complexity index is 2720. The zero-order valence-electron chi connectivity index (χ0n) is 48.3. The molecule has 0 heterocycles. The first-order chi connectivity index (χ1) is 42.6. The molecule has 37 heteroatoms. The van der Waals surface area contributed by atoms with Gasteiger partial charge in [0.2, 0.25) is 17.7 Å². The Morgan fingerprint density at radius 2 is 0.527 bits per heavy atom. The van der Waals surface area contributed by atoms with Crippen LogP contribution in [-0.4, -0.2) is 236 Å². The van der Waals surface area contributed by atoms with Gasteiger partial charge in [-0.3, -0.25) is 43.2 Å². The third-order valence-corrected chi connectivity index (χ3v) is 22.8. The predicted molar refractivity (Wildman–Crippen MR) is 406 cm³/mol. The molecule has 7 amide bonds. The number of hydrogen-bond donors (Lipinski definition) is 16. The third-order valence-electron chi connectivity index (χ3n) is 13.3. The normalized spacial score (nSPS) is 13.7. The summed E-state index contributed by atoms with van der Waals surface area (Å²) in [5.41, 5.74) is -1.31. The zero-order valence-corrected chi connectivity index (χ0v) is 67.8. The number of carbonyl (C=O) groups excluding carboxylic acids is 9. The number of carbonyl (C=O) groups is 9. The van der Waals surface area contributed by atoms with E-state index in [2.05, 4.69) is 21.3 Å². The van der Waals surface area contributed by atoms with Crippen molar-refractivity contribution in [3.63, 3.8) is 0 Å². The van der Waals surface area contributed by atoms with Gasteiger partial charge < -0.3 is 97.2 Å². The van der Waals surface area contributed by atoms with Gasteiger partial charge in [-0.05, 0) is 216 Å². The number of ketones is 2. The number of anilines is 3. The van der Waals surface area contributed by atoms with Crippen molar-refractivity contribution in [2.45, 2.75) is 83.1 Å². The van der Waals surface area contributed by atoms with E-state index in [4.69, 9.17) is 0 Å².